The fourth-order valence-corrected chi connectivity index (χ4v) is 3.70. The zero-order chi connectivity index (χ0) is 21.1. The van der Waals surface area contributed by atoms with Gasteiger partial charge in [-0.15, -0.1) is 0 Å². The fraction of sp³-hybridized carbons (Fsp3) is 0.143. The van der Waals surface area contributed by atoms with Crippen LogP contribution in [0.1, 0.15) is 27.3 Å². The van der Waals surface area contributed by atoms with E-state index in [9.17, 15) is 9.18 Å². The lowest BCUT2D eigenvalue weighted by atomic mass is 10.2. The van der Waals surface area contributed by atoms with Crippen molar-refractivity contribution < 1.29 is 13.9 Å². The second-order valence-electron chi connectivity index (χ2n) is 6.31. The summed E-state index contributed by atoms with van der Waals surface area (Å²) in [5, 5.41) is 4.13. The summed E-state index contributed by atoms with van der Waals surface area (Å²) in [6.07, 6.45) is 1.58. The molecule has 1 amide bonds. The average molecular weight is 526 g/mol. The van der Waals surface area contributed by atoms with Gasteiger partial charge in [0, 0.05) is 28.2 Å². The summed E-state index contributed by atoms with van der Waals surface area (Å²) in [5.74, 6) is -0.173. The SMILES string of the molecule is COc1cc(C(=O)N/N=C\c2cc(C)n(-c3ccc(F)c(Cl)c3)c2C)ccc1I. The number of ether oxygens (including phenoxy) is 1. The average Bonchev–Trinajstić information content (AvgIpc) is 2.97. The normalized spacial score (nSPS) is 11.1. The molecule has 150 valence electrons. The molecule has 1 N–H and O–H groups in total. The lowest BCUT2D eigenvalue weighted by Gasteiger charge is -2.10. The van der Waals surface area contributed by atoms with Crippen LogP contribution < -0.4 is 10.2 Å². The molecule has 0 saturated heterocycles. The number of nitrogens with zero attached hydrogens (tertiary/aromatic N) is 2. The summed E-state index contributed by atoms with van der Waals surface area (Å²) in [6, 6.07) is 11.7. The molecule has 0 spiro atoms. The van der Waals surface area contributed by atoms with E-state index in [1.165, 1.54) is 6.07 Å². The zero-order valence-electron chi connectivity index (χ0n) is 16.0. The van der Waals surface area contributed by atoms with E-state index in [2.05, 4.69) is 33.1 Å². The third kappa shape index (κ3) is 4.62. The molecule has 1 aromatic heterocycles. The Morgan fingerprint density at radius 1 is 1.24 bits per heavy atom. The summed E-state index contributed by atoms with van der Waals surface area (Å²) in [7, 11) is 1.56. The van der Waals surface area contributed by atoms with E-state index in [-0.39, 0.29) is 10.9 Å². The van der Waals surface area contributed by atoms with Crippen LogP contribution in [0.25, 0.3) is 5.69 Å². The lowest BCUT2D eigenvalue weighted by Crippen LogP contribution is -2.17. The molecule has 0 aliphatic heterocycles. The van der Waals surface area contributed by atoms with E-state index in [1.807, 2.05) is 24.5 Å². The Hall–Kier alpha value is -2.39. The topological polar surface area (TPSA) is 55.6 Å². The van der Waals surface area contributed by atoms with Crippen LogP contribution in [0, 0.1) is 23.2 Å². The van der Waals surface area contributed by atoms with Gasteiger partial charge in [-0.3, -0.25) is 4.79 Å². The van der Waals surface area contributed by atoms with Gasteiger partial charge in [-0.1, -0.05) is 11.6 Å². The number of rotatable bonds is 5. The number of carbonyl (C=O) groups is 1. The maximum absolute atomic E-state index is 13.5. The van der Waals surface area contributed by atoms with Crippen molar-refractivity contribution in [3.05, 3.63) is 79.4 Å². The zero-order valence-corrected chi connectivity index (χ0v) is 18.9. The summed E-state index contributed by atoms with van der Waals surface area (Å²) in [6.45, 7) is 3.84. The van der Waals surface area contributed by atoms with Crippen molar-refractivity contribution in [2.24, 2.45) is 5.10 Å². The highest BCUT2D eigenvalue weighted by Gasteiger charge is 2.12. The predicted octanol–water partition coefficient (Wildman–Crippen LogP) is 5.26. The van der Waals surface area contributed by atoms with Crippen LogP contribution in [0.2, 0.25) is 5.02 Å². The summed E-state index contributed by atoms with van der Waals surface area (Å²) < 4.78 is 21.6. The summed E-state index contributed by atoms with van der Waals surface area (Å²) in [5.41, 5.74) is 6.37. The Morgan fingerprint density at radius 2 is 2.00 bits per heavy atom. The van der Waals surface area contributed by atoms with Crippen LogP contribution in [0.4, 0.5) is 4.39 Å². The number of nitrogens with one attached hydrogen (secondary N) is 1. The Morgan fingerprint density at radius 3 is 2.69 bits per heavy atom. The standard InChI is InChI=1S/C21H18ClFIN3O2/c1-12-8-15(13(2)27(12)16-5-6-18(23)17(22)10-16)11-25-26-21(28)14-4-7-19(24)20(9-14)29-3/h4-11H,1-3H3,(H,26,28)/b25-11-. The van der Waals surface area contributed by atoms with Gasteiger partial charge >= 0.3 is 0 Å². The van der Waals surface area contributed by atoms with E-state index in [0.29, 0.717) is 11.3 Å². The Labute approximate surface area is 186 Å². The number of aryl methyl sites for hydroxylation is 1. The van der Waals surface area contributed by atoms with Crippen LogP contribution in [-0.2, 0) is 0 Å². The largest absolute Gasteiger partial charge is 0.496 e. The maximum Gasteiger partial charge on any atom is 0.271 e. The molecule has 3 aromatic rings. The van der Waals surface area contributed by atoms with Crippen LogP contribution in [0.3, 0.4) is 0 Å². The number of hydrazone groups is 1. The van der Waals surface area contributed by atoms with E-state index >= 15 is 0 Å². The van der Waals surface area contributed by atoms with Crippen LogP contribution in [0.5, 0.6) is 5.75 Å². The van der Waals surface area contributed by atoms with Crippen molar-refractivity contribution >= 4 is 46.3 Å². The quantitative estimate of drug-likeness (QED) is 0.281. The first-order valence-electron chi connectivity index (χ1n) is 8.63. The van der Waals surface area contributed by atoms with Crippen molar-refractivity contribution in [1.82, 2.24) is 9.99 Å². The number of amides is 1. The molecule has 5 nitrogen and oxygen atoms in total. The van der Waals surface area contributed by atoms with Gasteiger partial charge < -0.3 is 9.30 Å². The number of hydrogen-bond acceptors (Lipinski definition) is 3. The molecular weight excluding hydrogens is 508 g/mol. The molecule has 0 fully saturated rings. The minimum Gasteiger partial charge on any atom is -0.496 e. The van der Waals surface area contributed by atoms with E-state index in [1.54, 1.807) is 43.7 Å². The van der Waals surface area contributed by atoms with Crippen LogP contribution in [0.15, 0.2) is 47.6 Å². The van der Waals surface area contributed by atoms with Crippen molar-refractivity contribution in [1.29, 1.82) is 0 Å². The monoisotopic (exact) mass is 525 g/mol. The summed E-state index contributed by atoms with van der Waals surface area (Å²) in [4.78, 5) is 12.3. The Bertz CT molecular complexity index is 1110. The van der Waals surface area contributed by atoms with Crippen LogP contribution in [-0.4, -0.2) is 23.8 Å². The number of aromatic nitrogens is 1. The van der Waals surface area contributed by atoms with Gasteiger partial charge in [0.05, 0.1) is 21.9 Å². The highest BCUT2D eigenvalue weighted by atomic mass is 127. The minimum atomic E-state index is -0.463. The van der Waals surface area contributed by atoms with Gasteiger partial charge in [0.15, 0.2) is 0 Å². The Balaban J connectivity index is 1.79. The Kier molecular flexibility index (Phi) is 6.59. The number of carbonyl (C=O) groups excluding carboxylic acids is 1. The molecule has 0 bridgehead atoms. The first-order valence-corrected chi connectivity index (χ1v) is 10.1. The molecule has 8 heteroatoms. The maximum atomic E-state index is 13.5. The minimum absolute atomic E-state index is 0.0606. The molecule has 0 radical (unpaired) electrons. The smallest absolute Gasteiger partial charge is 0.271 e. The van der Waals surface area contributed by atoms with Crippen LogP contribution >= 0.6 is 34.2 Å². The van der Waals surface area contributed by atoms with E-state index < -0.39 is 5.82 Å². The predicted molar refractivity (Wildman–Crippen MR) is 121 cm³/mol. The third-order valence-corrected chi connectivity index (χ3v) is 5.60. The second kappa shape index (κ2) is 8.96. The molecule has 29 heavy (non-hydrogen) atoms. The molecule has 1 heterocycles. The molecule has 0 aliphatic rings. The van der Waals surface area contributed by atoms with Gasteiger partial charge in [0.25, 0.3) is 5.91 Å². The van der Waals surface area contributed by atoms with Crippen molar-refractivity contribution in [2.75, 3.05) is 7.11 Å². The number of halogens is 3. The first kappa shape index (κ1) is 21.3. The molecule has 0 saturated carbocycles. The molecule has 0 unspecified atom stereocenters. The highest BCUT2D eigenvalue weighted by Crippen LogP contribution is 2.24. The number of benzene rings is 2. The fourth-order valence-electron chi connectivity index (χ4n) is 2.97. The lowest BCUT2D eigenvalue weighted by molar-refractivity contribution is 0.0954. The van der Waals surface area contributed by atoms with Gasteiger partial charge in [-0.25, -0.2) is 9.82 Å². The third-order valence-electron chi connectivity index (χ3n) is 4.41. The van der Waals surface area contributed by atoms with Gasteiger partial charge in [0.2, 0.25) is 0 Å². The highest BCUT2D eigenvalue weighted by molar-refractivity contribution is 14.1. The van der Waals surface area contributed by atoms with Crippen molar-refractivity contribution in [2.45, 2.75) is 13.8 Å². The van der Waals surface area contributed by atoms with E-state index in [0.717, 1.165) is 26.2 Å². The number of methoxy groups -OCH3 is 1. The molecular formula is C21H18ClFIN3O2. The molecule has 0 atom stereocenters. The number of hydrogen-bond donors (Lipinski definition) is 1. The molecule has 2 aromatic carbocycles. The van der Waals surface area contributed by atoms with Gasteiger partial charge in [-0.05, 0) is 78.9 Å². The summed E-state index contributed by atoms with van der Waals surface area (Å²) >= 11 is 8.05. The molecule has 0 aliphatic carbocycles. The first-order chi connectivity index (χ1) is 13.8. The van der Waals surface area contributed by atoms with Crippen molar-refractivity contribution in [3.8, 4) is 11.4 Å². The second-order valence-corrected chi connectivity index (χ2v) is 7.88. The van der Waals surface area contributed by atoms with E-state index in [4.69, 9.17) is 16.3 Å². The molecule has 3 rings (SSSR count). The van der Waals surface area contributed by atoms with Gasteiger partial charge in [0.1, 0.15) is 11.6 Å². The van der Waals surface area contributed by atoms with Gasteiger partial charge in [-0.2, -0.15) is 5.10 Å². The van der Waals surface area contributed by atoms with Crippen molar-refractivity contribution in [3.63, 3.8) is 0 Å².